The third-order valence-electron chi connectivity index (χ3n) is 10.2. The molecule has 0 amide bonds. The highest BCUT2D eigenvalue weighted by molar-refractivity contribution is 6.16. The molecule has 0 spiro atoms. The highest BCUT2D eigenvalue weighted by Crippen LogP contribution is 2.52. The van der Waals surface area contributed by atoms with E-state index in [2.05, 4.69) is 79.1 Å². The van der Waals surface area contributed by atoms with Gasteiger partial charge in [-0.05, 0) is 80.7 Å². The summed E-state index contributed by atoms with van der Waals surface area (Å²) < 4.78 is 45.4. The molecule has 0 saturated heterocycles. The van der Waals surface area contributed by atoms with E-state index in [0.29, 0.717) is 17.1 Å². The summed E-state index contributed by atoms with van der Waals surface area (Å²) in [5, 5.41) is 15.8. The summed E-state index contributed by atoms with van der Waals surface area (Å²) in [6.45, 7) is 4.33. The van der Waals surface area contributed by atoms with Crippen LogP contribution in [-0.2, 0) is 5.41 Å². The second-order valence-corrected chi connectivity index (χ2v) is 13.4. The van der Waals surface area contributed by atoms with Crippen LogP contribution in [0.25, 0.3) is 82.9 Å². The van der Waals surface area contributed by atoms with Crippen molar-refractivity contribution in [2.75, 3.05) is 0 Å². The molecule has 2 heterocycles. The molecule has 0 aliphatic heterocycles. The third-order valence-corrected chi connectivity index (χ3v) is 10.2. The Labute approximate surface area is 296 Å². The maximum Gasteiger partial charge on any atom is 0.162 e. The maximum atomic E-state index is 9.40. The van der Waals surface area contributed by atoms with Gasteiger partial charge in [0.2, 0.25) is 0 Å². The van der Waals surface area contributed by atoms with Gasteiger partial charge in [0.15, 0.2) is 5.82 Å². The van der Waals surface area contributed by atoms with Crippen molar-refractivity contribution < 1.29 is 6.85 Å². The molecule has 50 heavy (non-hydrogen) atoms. The third kappa shape index (κ3) is 4.11. The topological polar surface area (TPSA) is 54.5 Å². The molecule has 0 saturated carbocycles. The van der Waals surface area contributed by atoms with E-state index in [0.717, 1.165) is 71.2 Å². The Morgan fingerprint density at radius 2 is 1.22 bits per heavy atom. The van der Waals surface area contributed by atoms with Crippen molar-refractivity contribution in [3.8, 4) is 45.7 Å². The lowest BCUT2D eigenvalue weighted by Gasteiger charge is -2.25. The van der Waals surface area contributed by atoms with Crippen molar-refractivity contribution in [3.63, 3.8) is 0 Å². The molecule has 9 aromatic rings. The fraction of sp³-hybridized carbons (Fsp3) is 0.0652. The lowest BCUT2D eigenvalue weighted by molar-refractivity contribution is 0.651. The SMILES string of the molecule is [2H]c1c([2H])c([2H])c(-c2nc3c(c(-n4c5cc6ccccc6cc5c5cc6ccccc6cc54)n2)C(C)(C)c2cc(-c4ccc(C#N)cc4)ccc2-3)c([2H])c1[2H]. The summed E-state index contributed by atoms with van der Waals surface area (Å²) in [5.74, 6) is 0.639. The molecule has 4 heteroatoms. The van der Waals surface area contributed by atoms with Crippen molar-refractivity contribution >= 4 is 43.4 Å². The van der Waals surface area contributed by atoms with Crippen molar-refractivity contribution in [3.05, 3.63) is 162 Å². The fourth-order valence-corrected chi connectivity index (χ4v) is 7.79. The molecule has 0 fully saturated rings. The number of hydrogen-bond donors (Lipinski definition) is 0. The maximum absolute atomic E-state index is 9.40. The zero-order valence-electron chi connectivity index (χ0n) is 32.3. The first-order valence-electron chi connectivity index (χ1n) is 19.1. The number of nitrogens with zero attached hydrogens (tertiary/aromatic N) is 4. The number of hydrogen-bond acceptors (Lipinski definition) is 3. The van der Waals surface area contributed by atoms with E-state index in [4.69, 9.17) is 16.8 Å². The minimum absolute atomic E-state index is 0.0489. The van der Waals surface area contributed by atoms with Gasteiger partial charge in [-0.3, -0.25) is 4.57 Å². The van der Waals surface area contributed by atoms with Crippen LogP contribution in [0, 0.1) is 11.3 Å². The normalized spacial score (nSPS) is 14.5. The van der Waals surface area contributed by atoms with Crippen molar-refractivity contribution in [2.24, 2.45) is 0 Å². The van der Waals surface area contributed by atoms with Crippen molar-refractivity contribution in [2.45, 2.75) is 19.3 Å². The highest BCUT2D eigenvalue weighted by Gasteiger charge is 2.41. The number of aromatic nitrogens is 3. The summed E-state index contributed by atoms with van der Waals surface area (Å²) in [6.07, 6.45) is 0. The summed E-state index contributed by atoms with van der Waals surface area (Å²) in [4.78, 5) is 10.4. The smallest absolute Gasteiger partial charge is 0.162 e. The predicted molar refractivity (Wildman–Crippen MR) is 205 cm³/mol. The van der Waals surface area contributed by atoms with Crippen molar-refractivity contribution in [1.82, 2.24) is 14.5 Å². The van der Waals surface area contributed by atoms with E-state index in [1.165, 1.54) is 0 Å². The lowest BCUT2D eigenvalue weighted by atomic mass is 9.81. The molecule has 4 nitrogen and oxygen atoms in total. The Balaban J connectivity index is 1.35. The zero-order valence-corrected chi connectivity index (χ0v) is 27.3. The number of rotatable bonds is 3. The molecular weight excluding hydrogens is 609 g/mol. The number of benzene rings is 7. The van der Waals surface area contributed by atoms with Crippen LogP contribution >= 0.6 is 0 Å². The minimum Gasteiger partial charge on any atom is -0.293 e. The minimum atomic E-state index is -0.627. The van der Waals surface area contributed by atoms with Gasteiger partial charge in [0.05, 0.1) is 35.2 Å². The average molecular weight is 644 g/mol. The summed E-state index contributed by atoms with van der Waals surface area (Å²) in [7, 11) is 0. The van der Waals surface area contributed by atoms with Crippen LogP contribution in [0.5, 0.6) is 0 Å². The number of fused-ring (bicyclic) bond motifs is 8. The highest BCUT2D eigenvalue weighted by atomic mass is 15.1. The van der Waals surface area contributed by atoms with E-state index in [1.807, 2.05) is 60.7 Å². The first-order valence-corrected chi connectivity index (χ1v) is 16.6. The second-order valence-electron chi connectivity index (χ2n) is 13.4. The molecule has 0 bridgehead atoms. The summed E-state index contributed by atoms with van der Waals surface area (Å²) in [5.41, 5.74) is 7.16. The molecule has 0 N–H and O–H groups in total. The molecule has 2 aromatic heterocycles. The van der Waals surface area contributed by atoms with Crippen LogP contribution in [0.4, 0.5) is 0 Å². The monoisotopic (exact) mass is 643 g/mol. The van der Waals surface area contributed by atoms with Gasteiger partial charge in [0.25, 0.3) is 0 Å². The molecule has 0 radical (unpaired) electrons. The Bertz CT molecular complexity index is 3070. The molecule has 0 atom stereocenters. The molecular formula is C46H30N4. The summed E-state index contributed by atoms with van der Waals surface area (Å²) >= 11 is 0. The lowest BCUT2D eigenvalue weighted by Crippen LogP contribution is -2.20. The van der Waals surface area contributed by atoms with E-state index < -0.39 is 23.5 Å². The molecule has 234 valence electrons. The van der Waals surface area contributed by atoms with Gasteiger partial charge in [0.1, 0.15) is 5.82 Å². The summed E-state index contributed by atoms with van der Waals surface area (Å²) in [6, 6.07) is 39.3. The Morgan fingerprint density at radius 3 is 1.82 bits per heavy atom. The van der Waals surface area contributed by atoms with Gasteiger partial charge < -0.3 is 0 Å². The Kier molecular flexibility index (Phi) is 4.96. The standard InChI is InChI=1S/C46H30N4/c1-46(2)39-24-35(29-18-16-28(27-47)17-19-29)20-21-36(39)43-42(46)45(49-44(48-43)30-10-4-3-5-11-30)50-40-25-33-14-8-6-12-31(33)22-37(40)38-23-32-13-7-9-15-34(32)26-41(38)50/h3-26H,1-2H3/i3D,4D,5D,10D,11D. The van der Waals surface area contributed by atoms with Gasteiger partial charge in [-0.15, -0.1) is 0 Å². The van der Waals surface area contributed by atoms with Crippen LogP contribution in [-0.4, -0.2) is 14.5 Å². The quantitative estimate of drug-likeness (QED) is 0.192. The Hall–Kier alpha value is -6.57. The van der Waals surface area contributed by atoms with Crippen LogP contribution in [0.15, 0.2) is 145 Å². The van der Waals surface area contributed by atoms with Gasteiger partial charge in [-0.25, -0.2) is 9.97 Å². The van der Waals surface area contributed by atoms with Gasteiger partial charge in [-0.2, -0.15) is 5.26 Å². The molecule has 10 rings (SSSR count). The van der Waals surface area contributed by atoms with E-state index >= 15 is 0 Å². The Morgan fingerprint density at radius 1 is 0.640 bits per heavy atom. The largest absolute Gasteiger partial charge is 0.293 e. The van der Waals surface area contributed by atoms with Gasteiger partial charge in [-0.1, -0.05) is 117 Å². The van der Waals surface area contributed by atoms with Crippen LogP contribution in [0.2, 0.25) is 0 Å². The average Bonchev–Trinajstić information content (AvgIpc) is 3.63. The second kappa shape index (κ2) is 10.5. The van der Waals surface area contributed by atoms with Crippen molar-refractivity contribution in [1.29, 1.82) is 5.26 Å². The molecule has 1 aliphatic rings. The van der Waals surface area contributed by atoms with E-state index in [9.17, 15) is 5.26 Å². The van der Waals surface area contributed by atoms with Crippen LogP contribution < -0.4 is 0 Å². The predicted octanol–water partition coefficient (Wildman–Crippen LogP) is 11.4. The van der Waals surface area contributed by atoms with Crippen LogP contribution in [0.3, 0.4) is 0 Å². The zero-order chi connectivity index (χ0) is 37.9. The number of nitriles is 1. The molecule has 0 unspecified atom stereocenters. The first kappa shape index (κ1) is 23.7. The molecule has 1 aliphatic carbocycles. The van der Waals surface area contributed by atoms with E-state index in [1.54, 1.807) is 0 Å². The van der Waals surface area contributed by atoms with Gasteiger partial charge >= 0.3 is 0 Å². The molecule has 7 aromatic carbocycles. The fourth-order valence-electron chi connectivity index (χ4n) is 7.79. The van der Waals surface area contributed by atoms with Crippen LogP contribution in [0.1, 0.15) is 37.4 Å². The van der Waals surface area contributed by atoms with Gasteiger partial charge in [0, 0.05) is 32.9 Å². The van der Waals surface area contributed by atoms with E-state index in [-0.39, 0.29) is 23.5 Å². The first-order chi connectivity index (χ1) is 26.5.